The number of rotatable bonds is 1. The third-order valence-electron chi connectivity index (χ3n) is 2.03. The molecule has 2 aromatic rings. The minimum absolute atomic E-state index is 0.227. The minimum atomic E-state index is -0.227. The Hall–Kier alpha value is -1.00. The predicted octanol–water partition coefficient (Wildman–Crippen LogP) is 2.20. The normalized spacial score (nSPS) is 11.0. The van der Waals surface area contributed by atoms with Crippen LogP contribution < -0.4 is 5.73 Å². The van der Waals surface area contributed by atoms with Crippen molar-refractivity contribution in [2.45, 2.75) is 13.5 Å². The molecule has 68 valence electrons. The second-order valence-electron chi connectivity index (χ2n) is 2.90. The van der Waals surface area contributed by atoms with E-state index in [1.165, 1.54) is 17.6 Å². The summed E-state index contributed by atoms with van der Waals surface area (Å²) in [6.45, 7) is 2.24. The predicted molar refractivity (Wildman–Crippen MR) is 52.2 cm³/mol. The maximum Gasteiger partial charge on any atom is 0.133 e. The number of fused-ring (bicyclic) bond motifs is 1. The summed E-state index contributed by atoms with van der Waals surface area (Å²) in [5.41, 5.74) is 7.16. The largest absolute Gasteiger partial charge is 0.325 e. The van der Waals surface area contributed by atoms with Gasteiger partial charge in [0, 0.05) is 6.54 Å². The summed E-state index contributed by atoms with van der Waals surface area (Å²) in [5.74, 6) is -0.227. The van der Waals surface area contributed by atoms with Gasteiger partial charge in [0.25, 0.3) is 0 Å². The lowest BCUT2D eigenvalue weighted by Gasteiger charge is -1.97. The molecule has 0 aliphatic rings. The van der Waals surface area contributed by atoms with E-state index < -0.39 is 0 Å². The van der Waals surface area contributed by atoms with E-state index in [0.717, 1.165) is 10.3 Å². The van der Waals surface area contributed by atoms with Crippen molar-refractivity contribution in [2.75, 3.05) is 0 Å². The van der Waals surface area contributed by atoms with Gasteiger partial charge in [-0.3, -0.25) is 0 Å². The summed E-state index contributed by atoms with van der Waals surface area (Å²) in [6, 6.07) is 3.22. The molecule has 0 bridgehead atoms. The summed E-state index contributed by atoms with van der Waals surface area (Å²) in [6.07, 6.45) is 0. The molecule has 2 rings (SSSR count). The SMILES string of the molecule is Cc1ccc(F)c2c(CN)nsc12. The highest BCUT2D eigenvalue weighted by atomic mass is 32.1. The van der Waals surface area contributed by atoms with E-state index in [2.05, 4.69) is 4.37 Å². The highest BCUT2D eigenvalue weighted by Gasteiger charge is 2.10. The smallest absolute Gasteiger partial charge is 0.133 e. The van der Waals surface area contributed by atoms with E-state index in [1.54, 1.807) is 6.07 Å². The molecule has 1 aromatic heterocycles. The monoisotopic (exact) mass is 196 g/mol. The van der Waals surface area contributed by atoms with Crippen molar-refractivity contribution in [1.82, 2.24) is 4.37 Å². The molecule has 0 saturated heterocycles. The summed E-state index contributed by atoms with van der Waals surface area (Å²) in [7, 11) is 0. The van der Waals surface area contributed by atoms with Crippen molar-refractivity contribution in [1.29, 1.82) is 0 Å². The maximum absolute atomic E-state index is 13.4. The van der Waals surface area contributed by atoms with E-state index >= 15 is 0 Å². The van der Waals surface area contributed by atoms with Gasteiger partial charge in [0.1, 0.15) is 5.82 Å². The molecule has 2 N–H and O–H groups in total. The molecule has 0 aliphatic carbocycles. The number of benzene rings is 1. The first-order valence-electron chi connectivity index (χ1n) is 3.97. The van der Waals surface area contributed by atoms with Gasteiger partial charge in [-0.25, -0.2) is 4.39 Å². The number of nitrogens with two attached hydrogens (primary N) is 1. The molecule has 2 nitrogen and oxygen atoms in total. The fourth-order valence-electron chi connectivity index (χ4n) is 1.34. The first-order valence-corrected chi connectivity index (χ1v) is 4.75. The number of halogens is 1. The van der Waals surface area contributed by atoms with Crippen LogP contribution >= 0.6 is 11.5 Å². The summed E-state index contributed by atoms with van der Waals surface area (Å²) in [5, 5.41) is 0.590. The van der Waals surface area contributed by atoms with Crippen LogP contribution in [0.2, 0.25) is 0 Å². The average Bonchev–Trinajstić information content (AvgIpc) is 2.56. The van der Waals surface area contributed by atoms with Gasteiger partial charge in [-0.2, -0.15) is 4.37 Å². The van der Waals surface area contributed by atoms with Crippen LogP contribution in [0.15, 0.2) is 12.1 Å². The molecule has 0 spiro atoms. The van der Waals surface area contributed by atoms with E-state index in [9.17, 15) is 4.39 Å². The Morgan fingerprint density at radius 3 is 3.00 bits per heavy atom. The van der Waals surface area contributed by atoms with E-state index in [0.29, 0.717) is 17.6 Å². The Kier molecular flexibility index (Phi) is 2.01. The Bertz CT molecular complexity index is 450. The van der Waals surface area contributed by atoms with Gasteiger partial charge in [0.05, 0.1) is 15.8 Å². The number of nitrogens with zero attached hydrogens (tertiary/aromatic N) is 1. The van der Waals surface area contributed by atoms with Gasteiger partial charge < -0.3 is 5.73 Å². The number of hydrogen-bond donors (Lipinski definition) is 1. The summed E-state index contributed by atoms with van der Waals surface area (Å²) in [4.78, 5) is 0. The summed E-state index contributed by atoms with van der Waals surface area (Å²) < 4.78 is 18.4. The maximum atomic E-state index is 13.4. The molecule has 0 atom stereocenters. The Morgan fingerprint density at radius 2 is 2.31 bits per heavy atom. The molecule has 0 amide bonds. The van der Waals surface area contributed by atoms with Gasteiger partial charge in [0.2, 0.25) is 0 Å². The zero-order chi connectivity index (χ0) is 9.42. The fraction of sp³-hybridized carbons (Fsp3) is 0.222. The number of aryl methyl sites for hydroxylation is 1. The molecule has 0 saturated carbocycles. The standard InChI is InChI=1S/C9H9FN2S/c1-5-2-3-6(10)8-7(4-11)12-13-9(5)8/h2-3H,4,11H2,1H3. The first kappa shape index (κ1) is 8.59. The second kappa shape index (κ2) is 3.05. The van der Waals surface area contributed by atoms with Gasteiger partial charge in [-0.1, -0.05) is 6.07 Å². The highest BCUT2D eigenvalue weighted by Crippen LogP contribution is 2.27. The Balaban J connectivity index is 2.87. The second-order valence-corrected chi connectivity index (χ2v) is 3.68. The van der Waals surface area contributed by atoms with Crippen molar-refractivity contribution < 1.29 is 4.39 Å². The topological polar surface area (TPSA) is 38.9 Å². The van der Waals surface area contributed by atoms with E-state index in [-0.39, 0.29) is 5.82 Å². The van der Waals surface area contributed by atoms with Crippen LogP contribution in [-0.4, -0.2) is 4.37 Å². The molecule has 0 radical (unpaired) electrons. The summed E-state index contributed by atoms with van der Waals surface area (Å²) >= 11 is 1.31. The molecular weight excluding hydrogens is 187 g/mol. The third kappa shape index (κ3) is 1.22. The van der Waals surface area contributed by atoms with Crippen LogP contribution in [-0.2, 0) is 6.54 Å². The van der Waals surface area contributed by atoms with Crippen LogP contribution in [0.1, 0.15) is 11.3 Å². The molecule has 0 fully saturated rings. The molecule has 0 aliphatic heterocycles. The molecular formula is C9H9FN2S. The quantitative estimate of drug-likeness (QED) is 0.759. The molecule has 4 heteroatoms. The van der Waals surface area contributed by atoms with Crippen molar-refractivity contribution in [3.05, 3.63) is 29.2 Å². The number of aromatic nitrogens is 1. The van der Waals surface area contributed by atoms with Crippen molar-refractivity contribution >= 4 is 21.6 Å². The minimum Gasteiger partial charge on any atom is -0.325 e. The zero-order valence-corrected chi connectivity index (χ0v) is 7.99. The van der Waals surface area contributed by atoms with Crippen molar-refractivity contribution in [2.24, 2.45) is 5.73 Å². The first-order chi connectivity index (χ1) is 6.24. The van der Waals surface area contributed by atoms with E-state index in [4.69, 9.17) is 5.73 Å². The van der Waals surface area contributed by atoms with Crippen LogP contribution in [0.5, 0.6) is 0 Å². The molecule has 0 unspecified atom stereocenters. The average molecular weight is 196 g/mol. The molecule has 1 heterocycles. The van der Waals surface area contributed by atoms with Gasteiger partial charge in [-0.05, 0) is 30.1 Å². The van der Waals surface area contributed by atoms with E-state index in [1.807, 2.05) is 6.92 Å². The van der Waals surface area contributed by atoms with Crippen LogP contribution in [0, 0.1) is 12.7 Å². The zero-order valence-electron chi connectivity index (χ0n) is 7.17. The molecule has 1 aromatic carbocycles. The van der Waals surface area contributed by atoms with Crippen LogP contribution in [0.4, 0.5) is 4.39 Å². The lowest BCUT2D eigenvalue weighted by molar-refractivity contribution is 0.638. The van der Waals surface area contributed by atoms with Crippen molar-refractivity contribution in [3.63, 3.8) is 0 Å². The van der Waals surface area contributed by atoms with Crippen molar-refractivity contribution in [3.8, 4) is 0 Å². The van der Waals surface area contributed by atoms with Gasteiger partial charge in [0.15, 0.2) is 0 Å². The lowest BCUT2D eigenvalue weighted by atomic mass is 10.1. The fourth-order valence-corrected chi connectivity index (χ4v) is 2.22. The third-order valence-corrected chi connectivity index (χ3v) is 3.05. The number of hydrogen-bond acceptors (Lipinski definition) is 3. The Labute approximate surface area is 79.3 Å². The van der Waals surface area contributed by atoms with Gasteiger partial charge >= 0.3 is 0 Å². The lowest BCUT2D eigenvalue weighted by Crippen LogP contribution is -1.97. The molecule has 13 heavy (non-hydrogen) atoms. The van der Waals surface area contributed by atoms with Crippen LogP contribution in [0.25, 0.3) is 10.1 Å². The highest BCUT2D eigenvalue weighted by molar-refractivity contribution is 7.13. The Morgan fingerprint density at radius 1 is 1.54 bits per heavy atom. The van der Waals surface area contributed by atoms with Crippen LogP contribution in [0.3, 0.4) is 0 Å². The van der Waals surface area contributed by atoms with Gasteiger partial charge in [-0.15, -0.1) is 0 Å².